The smallest absolute Gasteiger partial charge is 0.226 e. The van der Waals surface area contributed by atoms with E-state index >= 15 is 0 Å². The van der Waals surface area contributed by atoms with Crippen molar-refractivity contribution in [3.05, 3.63) is 28.2 Å². The highest BCUT2D eigenvalue weighted by atomic mass is 35.5. The lowest BCUT2D eigenvalue weighted by molar-refractivity contribution is -0.116. The highest BCUT2D eigenvalue weighted by Gasteiger charge is 2.30. The summed E-state index contributed by atoms with van der Waals surface area (Å²) < 4.78 is 0. The number of nitrogens with one attached hydrogen (secondary N) is 1. The van der Waals surface area contributed by atoms with Gasteiger partial charge in [-0.2, -0.15) is 0 Å². The summed E-state index contributed by atoms with van der Waals surface area (Å²) in [6, 6.07) is 5.85. The number of benzene rings is 1. The molecule has 1 amide bonds. The second-order valence-corrected chi connectivity index (χ2v) is 8.41. The van der Waals surface area contributed by atoms with Crippen molar-refractivity contribution in [2.75, 3.05) is 18.1 Å². The molecular formula is C18H23Cl2N3OS. The number of carbonyl (C=O) groups is 1. The van der Waals surface area contributed by atoms with Crippen LogP contribution in [0.3, 0.4) is 0 Å². The molecular weight excluding hydrogens is 377 g/mol. The molecule has 1 heterocycles. The maximum Gasteiger partial charge on any atom is 0.226 e. The monoisotopic (exact) mass is 399 g/mol. The van der Waals surface area contributed by atoms with Crippen LogP contribution < -0.4 is 5.32 Å². The van der Waals surface area contributed by atoms with Crippen molar-refractivity contribution in [1.29, 1.82) is 0 Å². The lowest BCUT2D eigenvalue weighted by Crippen LogP contribution is -2.34. The lowest BCUT2D eigenvalue weighted by atomic mass is 9.96. The van der Waals surface area contributed by atoms with Gasteiger partial charge in [0, 0.05) is 25.3 Å². The highest BCUT2D eigenvalue weighted by Crippen LogP contribution is 2.31. The zero-order chi connectivity index (χ0) is 17.8. The van der Waals surface area contributed by atoms with Gasteiger partial charge in [0.25, 0.3) is 0 Å². The van der Waals surface area contributed by atoms with E-state index in [1.165, 1.54) is 32.1 Å². The molecule has 4 nitrogen and oxygen atoms in total. The fraction of sp³-hybridized carbons (Fsp3) is 0.556. The number of rotatable bonds is 4. The van der Waals surface area contributed by atoms with Crippen LogP contribution in [0.4, 0.5) is 5.69 Å². The summed E-state index contributed by atoms with van der Waals surface area (Å²) in [5, 5.41) is 4.76. The second-order valence-electron chi connectivity index (χ2n) is 6.63. The third-order valence-electron chi connectivity index (χ3n) is 4.77. The molecule has 25 heavy (non-hydrogen) atoms. The summed E-state index contributed by atoms with van der Waals surface area (Å²) in [7, 11) is 2.03. The number of hydrogen-bond donors (Lipinski definition) is 1. The number of amides is 1. The Morgan fingerprint density at radius 3 is 2.84 bits per heavy atom. The van der Waals surface area contributed by atoms with Crippen molar-refractivity contribution in [2.24, 2.45) is 4.99 Å². The molecule has 1 N–H and O–H groups in total. The first-order chi connectivity index (χ1) is 12.0. The predicted octanol–water partition coefficient (Wildman–Crippen LogP) is 5.06. The average molecular weight is 400 g/mol. The minimum atomic E-state index is -0.0551. The van der Waals surface area contributed by atoms with Gasteiger partial charge in [-0.25, -0.2) is 0 Å². The van der Waals surface area contributed by atoms with Crippen molar-refractivity contribution in [3.8, 4) is 0 Å². The Balaban J connectivity index is 1.57. The molecule has 1 aromatic carbocycles. The van der Waals surface area contributed by atoms with Crippen LogP contribution in [-0.4, -0.2) is 40.9 Å². The van der Waals surface area contributed by atoms with E-state index < -0.39 is 0 Å². The van der Waals surface area contributed by atoms with Gasteiger partial charge in [-0.3, -0.25) is 9.79 Å². The third-order valence-corrected chi connectivity index (χ3v) is 6.79. The molecule has 1 unspecified atom stereocenters. The Kier molecular flexibility index (Phi) is 6.53. The number of thioether (sulfide) groups is 1. The summed E-state index contributed by atoms with van der Waals surface area (Å²) in [5.41, 5.74) is 0.559. The van der Waals surface area contributed by atoms with E-state index in [-0.39, 0.29) is 11.9 Å². The molecule has 3 rings (SSSR count). The van der Waals surface area contributed by atoms with Gasteiger partial charge in [-0.05, 0) is 25.0 Å². The molecule has 0 radical (unpaired) electrons. The van der Waals surface area contributed by atoms with Crippen LogP contribution in [0.15, 0.2) is 23.2 Å². The van der Waals surface area contributed by atoms with Gasteiger partial charge in [-0.15, -0.1) is 0 Å². The van der Waals surface area contributed by atoms with E-state index in [9.17, 15) is 4.79 Å². The maximum atomic E-state index is 12.4. The molecule has 1 atom stereocenters. The number of amidine groups is 1. The topological polar surface area (TPSA) is 44.7 Å². The Labute approximate surface area is 163 Å². The second kappa shape index (κ2) is 8.65. The van der Waals surface area contributed by atoms with Gasteiger partial charge in [0.1, 0.15) is 0 Å². The van der Waals surface area contributed by atoms with Gasteiger partial charge >= 0.3 is 0 Å². The zero-order valence-corrected chi connectivity index (χ0v) is 16.6. The van der Waals surface area contributed by atoms with Crippen molar-refractivity contribution in [2.45, 2.75) is 50.6 Å². The summed E-state index contributed by atoms with van der Waals surface area (Å²) in [5.74, 6) is 0.833. The van der Waals surface area contributed by atoms with Crippen LogP contribution in [0.2, 0.25) is 10.0 Å². The highest BCUT2D eigenvalue weighted by molar-refractivity contribution is 8.14. The minimum absolute atomic E-state index is 0.0551. The lowest BCUT2D eigenvalue weighted by Gasteiger charge is -2.23. The van der Waals surface area contributed by atoms with Crippen LogP contribution in [0.5, 0.6) is 0 Å². The predicted molar refractivity (Wildman–Crippen MR) is 108 cm³/mol. The molecule has 136 valence electrons. The quantitative estimate of drug-likeness (QED) is 0.769. The first kappa shape index (κ1) is 18.9. The summed E-state index contributed by atoms with van der Waals surface area (Å²) in [6.07, 6.45) is 6.69. The van der Waals surface area contributed by atoms with Crippen molar-refractivity contribution < 1.29 is 4.79 Å². The summed E-state index contributed by atoms with van der Waals surface area (Å²) in [4.78, 5) is 19.5. The molecule has 0 aromatic heterocycles. The summed E-state index contributed by atoms with van der Waals surface area (Å²) in [6.45, 7) is 0. The number of anilines is 1. The Bertz CT molecular complexity index is 662. The number of nitrogens with zero attached hydrogens (tertiary/aromatic N) is 2. The Morgan fingerprint density at radius 1 is 1.32 bits per heavy atom. The molecule has 2 aliphatic rings. The van der Waals surface area contributed by atoms with E-state index in [1.807, 2.05) is 7.05 Å². The van der Waals surface area contributed by atoms with Crippen LogP contribution >= 0.6 is 35.0 Å². The molecule has 1 saturated heterocycles. The number of hydrogen-bond acceptors (Lipinski definition) is 3. The standard InChI is InChI=1S/C18H23Cl2N3OS/c1-23-13(11-25-18(23)21-12-6-3-2-4-7-12)10-16(24)22-15-9-5-8-14(19)17(15)20/h5,8-9,12-13H,2-4,6-7,10-11H2,1H3,(H,22,24). The number of carbonyl (C=O) groups excluding carboxylic acids is 1. The molecule has 2 fully saturated rings. The van der Waals surface area contributed by atoms with E-state index in [0.29, 0.717) is 28.2 Å². The normalized spacial score (nSPS) is 23.2. The maximum absolute atomic E-state index is 12.4. The Morgan fingerprint density at radius 2 is 2.08 bits per heavy atom. The molecule has 1 saturated carbocycles. The summed E-state index contributed by atoms with van der Waals surface area (Å²) >= 11 is 13.9. The van der Waals surface area contributed by atoms with Crippen LogP contribution in [0, 0.1) is 0 Å². The molecule has 1 aliphatic carbocycles. The fourth-order valence-electron chi connectivity index (χ4n) is 3.25. The van der Waals surface area contributed by atoms with E-state index in [0.717, 1.165) is 10.9 Å². The SMILES string of the molecule is CN1C(=NC2CCCCC2)SCC1CC(=O)Nc1cccc(Cl)c1Cl. The number of halogens is 2. The van der Waals surface area contributed by atoms with E-state index in [4.69, 9.17) is 28.2 Å². The molecule has 1 aromatic rings. The minimum Gasteiger partial charge on any atom is -0.350 e. The van der Waals surface area contributed by atoms with Gasteiger partial charge in [0.15, 0.2) is 5.17 Å². The van der Waals surface area contributed by atoms with Crippen molar-refractivity contribution in [1.82, 2.24) is 4.90 Å². The molecule has 1 aliphatic heterocycles. The van der Waals surface area contributed by atoms with Crippen molar-refractivity contribution in [3.63, 3.8) is 0 Å². The number of aliphatic imine (C=N–C) groups is 1. The molecule has 0 spiro atoms. The molecule has 7 heteroatoms. The van der Waals surface area contributed by atoms with Crippen LogP contribution in [0.1, 0.15) is 38.5 Å². The largest absolute Gasteiger partial charge is 0.350 e. The van der Waals surface area contributed by atoms with E-state index in [1.54, 1.807) is 30.0 Å². The van der Waals surface area contributed by atoms with Gasteiger partial charge < -0.3 is 10.2 Å². The van der Waals surface area contributed by atoms with E-state index in [2.05, 4.69) is 10.2 Å². The van der Waals surface area contributed by atoms with Crippen LogP contribution in [0.25, 0.3) is 0 Å². The molecule has 0 bridgehead atoms. The fourth-order valence-corrected chi connectivity index (χ4v) is 4.85. The van der Waals surface area contributed by atoms with Gasteiger partial charge in [-0.1, -0.05) is 60.3 Å². The van der Waals surface area contributed by atoms with Gasteiger partial charge in [0.2, 0.25) is 5.91 Å². The first-order valence-corrected chi connectivity index (χ1v) is 10.5. The van der Waals surface area contributed by atoms with Crippen LogP contribution in [-0.2, 0) is 4.79 Å². The van der Waals surface area contributed by atoms with Crippen molar-refractivity contribution >= 4 is 51.7 Å². The Hall–Kier alpha value is -0.910. The average Bonchev–Trinajstić information content (AvgIpc) is 2.93. The first-order valence-electron chi connectivity index (χ1n) is 8.72. The third kappa shape index (κ3) is 4.83. The zero-order valence-electron chi connectivity index (χ0n) is 14.3. The van der Waals surface area contributed by atoms with Gasteiger partial charge in [0.05, 0.1) is 21.8 Å².